The first-order valence-corrected chi connectivity index (χ1v) is 10.5. The minimum Gasteiger partial charge on any atom is -0.378 e. The Balaban J connectivity index is 1.64. The highest BCUT2D eigenvalue weighted by Crippen LogP contribution is 2.20. The Hall–Kier alpha value is -2.13. The Kier molecular flexibility index (Phi) is 5.77. The van der Waals surface area contributed by atoms with E-state index in [1.165, 1.54) is 4.90 Å². The number of amides is 2. The number of carbonyl (C=O) groups is 1. The first-order valence-electron chi connectivity index (χ1n) is 8.66. The molecule has 1 aromatic rings. The molecule has 1 unspecified atom stereocenters. The van der Waals surface area contributed by atoms with E-state index in [4.69, 9.17) is 4.74 Å². The third-order valence-corrected chi connectivity index (χ3v) is 6.32. The van der Waals surface area contributed by atoms with Crippen molar-refractivity contribution in [2.75, 3.05) is 54.6 Å². The van der Waals surface area contributed by atoms with Crippen LogP contribution < -0.4 is 10.2 Å². The summed E-state index contributed by atoms with van der Waals surface area (Å²) in [5, 5.41) is 2.80. The smallest absolute Gasteiger partial charge is 0.322 e. The highest BCUT2D eigenvalue weighted by molar-refractivity contribution is 7.91. The molecule has 9 heteroatoms. The Morgan fingerprint density at radius 3 is 2.77 bits per heavy atom. The molecule has 0 aromatic carbocycles. The molecule has 2 fully saturated rings. The van der Waals surface area contributed by atoms with Gasteiger partial charge in [0.25, 0.3) is 0 Å². The topological polar surface area (TPSA) is 91.8 Å². The van der Waals surface area contributed by atoms with Crippen LogP contribution in [0.15, 0.2) is 31.0 Å². The Labute approximate surface area is 153 Å². The average molecular weight is 380 g/mol. The van der Waals surface area contributed by atoms with Crippen LogP contribution >= 0.6 is 0 Å². The minimum atomic E-state index is -3.07. The molecule has 2 amide bonds. The van der Waals surface area contributed by atoms with Gasteiger partial charge in [-0.1, -0.05) is 6.08 Å². The van der Waals surface area contributed by atoms with Crippen LogP contribution in [-0.2, 0) is 14.6 Å². The van der Waals surface area contributed by atoms with E-state index in [9.17, 15) is 13.2 Å². The average Bonchev–Trinajstić information content (AvgIpc) is 3.00. The fourth-order valence-corrected chi connectivity index (χ4v) is 4.92. The Bertz CT molecular complexity index is 745. The van der Waals surface area contributed by atoms with Crippen molar-refractivity contribution in [2.45, 2.75) is 12.5 Å². The highest BCUT2D eigenvalue weighted by Gasteiger charge is 2.34. The molecule has 8 nitrogen and oxygen atoms in total. The van der Waals surface area contributed by atoms with Crippen molar-refractivity contribution < 1.29 is 17.9 Å². The summed E-state index contributed by atoms with van der Waals surface area (Å²) in [5.74, 6) is 0.966. The van der Waals surface area contributed by atoms with Crippen molar-refractivity contribution in [3.05, 3.63) is 31.0 Å². The van der Waals surface area contributed by atoms with Gasteiger partial charge < -0.3 is 19.9 Å². The zero-order valence-electron chi connectivity index (χ0n) is 14.6. The van der Waals surface area contributed by atoms with Gasteiger partial charge in [-0.15, -0.1) is 6.58 Å². The molecule has 1 atom stereocenters. The Morgan fingerprint density at radius 1 is 1.42 bits per heavy atom. The highest BCUT2D eigenvalue weighted by atomic mass is 32.2. The molecular formula is C17H24N4O4S. The molecule has 0 spiro atoms. The van der Waals surface area contributed by atoms with Crippen LogP contribution in [0.1, 0.15) is 6.42 Å². The first kappa shape index (κ1) is 18.7. The molecule has 0 radical (unpaired) electrons. The number of nitrogens with zero attached hydrogens (tertiary/aromatic N) is 3. The fraction of sp³-hybridized carbons (Fsp3) is 0.529. The van der Waals surface area contributed by atoms with Gasteiger partial charge in [0.05, 0.1) is 36.6 Å². The normalized spacial score (nSPS) is 22.0. The van der Waals surface area contributed by atoms with E-state index in [1.807, 2.05) is 6.07 Å². The van der Waals surface area contributed by atoms with Gasteiger partial charge in [0.15, 0.2) is 9.84 Å². The summed E-state index contributed by atoms with van der Waals surface area (Å²) in [4.78, 5) is 20.7. The molecule has 2 aliphatic heterocycles. The van der Waals surface area contributed by atoms with Crippen LogP contribution in [0.4, 0.5) is 16.3 Å². The van der Waals surface area contributed by atoms with E-state index < -0.39 is 9.84 Å². The number of urea groups is 1. The van der Waals surface area contributed by atoms with Crippen LogP contribution in [-0.4, -0.2) is 74.7 Å². The van der Waals surface area contributed by atoms with E-state index >= 15 is 0 Å². The molecule has 2 saturated heterocycles. The van der Waals surface area contributed by atoms with Crippen molar-refractivity contribution in [1.82, 2.24) is 9.88 Å². The third kappa shape index (κ3) is 4.53. The van der Waals surface area contributed by atoms with Gasteiger partial charge in [-0.05, 0) is 18.6 Å². The molecular weight excluding hydrogens is 356 g/mol. The van der Waals surface area contributed by atoms with E-state index in [0.717, 1.165) is 18.9 Å². The van der Waals surface area contributed by atoms with Crippen LogP contribution in [0.3, 0.4) is 0 Å². The molecule has 0 bridgehead atoms. The van der Waals surface area contributed by atoms with Gasteiger partial charge in [-0.2, -0.15) is 0 Å². The number of aromatic nitrogens is 1. The molecule has 1 aromatic heterocycles. The number of morpholine rings is 1. The van der Waals surface area contributed by atoms with E-state index in [-0.39, 0.29) is 23.6 Å². The zero-order valence-corrected chi connectivity index (χ0v) is 15.5. The molecule has 26 heavy (non-hydrogen) atoms. The Morgan fingerprint density at radius 2 is 2.19 bits per heavy atom. The maximum Gasteiger partial charge on any atom is 0.322 e. The molecule has 2 aliphatic rings. The van der Waals surface area contributed by atoms with Crippen molar-refractivity contribution in [3.63, 3.8) is 0 Å². The van der Waals surface area contributed by atoms with Gasteiger partial charge in [0.1, 0.15) is 5.82 Å². The lowest BCUT2D eigenvalue weighted by Crippen LogP contribution is -2.43. The number of sulfone groups is 1. The van der Waals surface area contributed by atoms with Crippen LogP contribution in [0.5, 0.6) is 0 Å². The van der Waals surface area contributed by atoms with Gasteiger partial charge in [-0.25, -0.2) is 18.2 Å². The summed E-state index contributed by atoms with van der Waals surface area (Å²) in [6, 6.07) is 3.00. The third-order valence-electron chi connectivity index (χ3n) is 4.57. The summed E-state index contributed by atoms with van der Waals surface area (Å²) in [5.41, 5.74) is 0.571. The van der Waals surface area contributed by atoms with Gasteiger partial charge in [0, 0.05) is 25.7 Å². The summed E-state index contributed by atoms with van der Waals surface area (Å²) in [6.07, 6.45) is 3.67. The second kappa shape index (κ2) is 8.05. The van der Waals surface area contributed by atoms with E-state index in [1.54, 1.807) is 18.3 Å². The largest absolute Gasteiger partial charge is 0.378 e. The SMILES string of the molecule is C=CCN(C(=O)Nc1ccc(N2CCOCC2)nc1)C1CCS(=O)(=O)C1. The van der Waals surface area contributed by atoms with Crippen LogP contribution in [0, 0.1) is 0 Å². The molecule has 142 valence electrons. The summed E-state index contributed by atoms with van der Waals surface area (Å²) in [6.45, 7) is 6.91. The number of hydrogen-bond acceptors (Lipinski definition) is 6. The lowest BCUT2D eigenvalue weighted by atomic mass is 10.2. The number of hydrogen-bond donors (Lipinski definition) is 1. The first-order chi connectivity index (χ1) is 12.5. The standard InChI is InChI=1S/C17H24N4O4S/c1-2-6-21(15-5-11-26(23,24)13-15)17(22)19-14-3-4-16(18-12-14)20-7-9-25-10-8-20/h2-4,12,15H,1,5-11,13H2,(H,19,22). The van der Waals surface area contributed by atoms with E-state index in [0.29, 0.717) is 31.9 Å². The molecule has 3 heterocycles. The summed E-state index contributed by atoms with van der Waals surface area (Å²) < 4.78 is 28.7. The zero-order chi connectivity index (χ0) is 18.6. The number of pyridine rings is 1. The number of anilines is 2. The predicted molar refractivity (Wildman–Crippen MR) is 100 cm³/mol. The maximum atomic E-state index is 12.6. The van der Waals surface area contributed by atoms with E-state index in [2.05, 4.69) is 21.8 Å². The van der Waals surface area contributed by atoms with Gasteiger partial charge in [0.2, 0.25) is 0 Å². The molecule has 1 N–H and O–H groups in total. The second-order valence-corrected chi connectivity index (χ2v) is 8.66. The molecule has 0 aliphatic carbocycles. The maximum absolute atomic E-state index is 12.6. The van der Waals surface area contributed by atoms with Crippen molar-refractivity contribution in [2.24, 2.45) is 0 Å². The number of rotatable bonds is 5. The second-order valence-electron chi connectivity index (χ2n) is 6.43. The predicted octanol–water partition coefficient (Wildman–Crippen LogP) is 1.13. The number of carbonyl (C=O) groups excluding carboxylic acids is 1. The summed E-state index contributed by atoms with van der Waals surface area (Å²) in [7, 11) is -3.07. The van der Waals surface area contributed by atoms with Crippen molar-refractivity contribution in [3.8, 4) is 0 Å². The fourth-order valence-electron chi connectivity index (χ4n) is 3.19. The number of ether oxygens (including phenoxy) is 1. The lowest BCUT2D eigenvalue weighted by Gasteiger charge is -2.28. The monoisotopic (exact) mass is 380 g/mol. The molecule has 3 rings (SSSR count). The quantitative estimate of drug-likeness (QED) is 0.770. The van der Waals surface area contributed by atoms with Crippen molar-refractivity contribution >= 4 is 27.4 Å². The molecule has 0 saturated carbocycles. The van der Waals surface area contributed by atoms with Crippen LogP contribution in [0.2, 0.25) is 0 Å². The lowest BCUT2D eigenvalue weighted by molar-refractivity contribution is 0.122. The minimum absolute atomic E-state index is 0.00246. The van der Waals surface area contributed by atoms with Gasteiger partial charge in [-0.3, -0.25) is 0 Å². The van der Waals surface area contributed by atoms with Gasteiger partial charge >= 0.3 is 6.03 Å². The summed E-state index contributed by atoms with van der Waals surface area (Å²) >= 11 is 0. The number of nitrogens with one attached hydrogen (secondary N) is 1. The van der Waals surface area contributed by atoms with Crippen molar-refractivity contribution in [1.29, 1.82) is 0 Å². The van der Waals surface area contributed by atoms with Crippen LogP contribution in [0.25, 0.3) is 0 Å².